The summed E-state index contributed by atoms with van der Waals surface area (Å²) in [6, 6.07) is 27.8. The molecule has 84 heavy (non-hydrogen) atoms. The number of aromatic nitrogens is 4. The van der Waals surface area contributed by atoms with Crippen LogP contribution in [0.4, 0.5) is 0 Å². The Morgan fingerprint density at radius 1 is 0.310 bits per heavy atom. The van der Waals surface area contributed by atoms with E-state index in [2.05, 4.69) is 9.97 Å². The topological polar surface area (TPSA) is 139 Å². The van der Waals surface area contributed by atoms with Gasteiger partial charge in [-0.1, -0.05) is 141 Å². The molecule has 0 radical (unpaired) electrons. The third-order valence-corrected chi connectivity index (χ3v) is 18.6. The fourth-order valence-corrected chi connectivity index (χ4v) is 12.4. The van der Waals surface area contributed by atoms with Crippen molar-refractivity contribution in [2.75, 3.05) is 52.4 Å². The van der Waals surface area contributed by atoms with E-state index in [-0.39, 0.29) is 109 Å². The Morgan fingerprint density at radius 2 is 0.476 bits per heavy atom. The third-order valence-electron chi connectivity index (χ3n) is 15.3. The van der Waals surface area contributed by atoms with Gasteiger partial charge in [-0.3, -0.25) is 19.2 Å². The lowest BCUT2D eigenvalue weighted by Gasteiger charge is -2.18. The van der Waals surface area contributed by atoms with Crippen molar-refractivity contribution in [2.24, 2.45) is 0 Å². The van der Waals surface area contributed by atoms with Crippen LogP contribution in [0.5, 0.6) is 0 Å². The number of H-pyrrole nitrogens is 2. The lowest BCUT2D eigenvalue weighted by atomic mass is 10.0. The highest BCUT2D eigenvalue weighted by Gasteiger charge is 2.33. The highest BCUT2D eigenvalue weighted by molar-refractivity contribution is 6.67. The van der Waals surface area contributed by atoms with Crippen LogP contribution < -0.4 is 0 Å². The normalized spacial score (nSPS) is 12.3. The molecule has 20 heteroatoms. The van der Waals surface area contributed by atoms with Crippen molar-refractivity contribution in [3.05, 3.63) is 162 Å². The minimum atomic E-state index is -0.165. The van der Waals surface area contributed by atoms with Crippen LogP contribution >= 0.6 is 92.8 Å². The van der Waals surface area contributed by atoms with Crippen molar-refractivity contribution in [3.63, 3.8) is 0 Å². The van der Waals surface area contributed by atoms with Gasteiger partial charge in [-0.2, -0.15) is 0 Å². The number of benzene rings is 4. The number of fused-ring (bicyclic) bond motifs is 8. The van der Waals surface area contributed by atoms with Crippen molar-refractivity contribution in [1.29, 1.82) is 0 Å². The second-order valence-electron chi connectivity index (χ2n) is 19.6. The van der Waals surface area contributed by atoms with Gasteiger partial charge < -0.3 is 29.6 Å². The van der Waals surface area contributed by atoms with Crippen LogP contribution in [-0.2, 0) is 0 Å². The molecule has 2 N–H and O–H groups in total. The van der Waals surface area contributed by atoms with Crippen molar-refractivity contribution in [2.45, 2.75) is 55.4 Å². The zero-order valence-corrected chi connectivity index (χ0v) is 53.3. The van der Waals surface area contributed by atoms with Gasteiger partial charge in [0.15, 0.2) is 0 Å². The number of carbonyl (C=O) groups is 4. The second kappa shape index (κ2) is 26.1. The van der Waals surface area contributed by atoms with Gasteiger partial charge in [-0.05, 0) is 126 Å². The van der Waals surface area contributed by atoms with E-state index >= 15 is 0 Å². The molecule has 0 spiro atoms. The zero-order chi connectivity index (χ0) is 60.6. The number of carbonyl (C=O) groups excluding carboxylic acids is 4. The first-order chi connectivity index (χ1) is 40.3. The fourth-order valence-electron chi connectivity index (χ4n) is 10.6. The first-order valence-electron chi connectivity index (χ1n) is 27.6. The van der Waals surface area contributed by atoms with Crippen LogP contribution in [0, 0.1) is 0 Å². The molecular weight excluding hydrogens is 1230 g/mol. The number of rotatable bonds is 16. The van der Waals surface area contributed by atoms with Crippen LogP contribution in [0.25, 0.3) is 86.7 Å². The predicted molar refractivity (Wildman–Crippen MR) is 349 cm³/mol. The molecule has 0 aliphatic carbocycles. The first-order valence-corrected chi connectivity index (χ1v) is 30.6. The zero-order valence-electron chi connectivity index (χ0n) is 47.2. The van der Waals surface area contributed by atoms with E-state index < -0.39 is 0 Å². The van der Waals surface area contributed by atoms with Gasteiger partial charge in [0.1, 0.15) is 0 Å². The maximum Gasteiger partial charge on any atom is 0.253 e. The summed E-state index contributed by atoms with van der Waals surface area (Å²) in [6.45, 7) is 19.3. The van der Waals surface area contributed by atoms with E-state index in [1.165, 1.54) is 0 Å². The summed E-state index contributed by atoms with van der Waals surface area (Å²) in [5.41, 5.74) is 6.64. The van der Waals surface area contributed by atoms with Gasteiger partial charge in [-0.25, -0.2) is 9.97 Å². The highest BCUT2D eigenvalue weighted by Crippen LogP contribution is 2.52. The van der Waals surface area contributed by atoms with E-state index in [0.717, 1.165) is 0 Å². The van der Waals surface area contributed by atoms with Gasteiger partial charge in [0.25, 0.3) is 23.6 Å². The molecule has 7 aromatic rings. The number of halogens is 8. The summed E-state index contributed by atoms with van der Waals surface area (Å²) in [5, 5.41) is 0.211. The Morgan fingerprint density at radius 3 is 0.631 bits per heavy atom. The summed E-state index contributed by atoms with van der Waals surface area (Å²) in [7, 11) is 0. The molecule has 9 rings (SSSR count). The molecule has 0 unspecified atom stereocenters. The quantitative estimate of drug-likeness (QED) is 0.0988. The molecule has 0 saturated heterocycles. The molecule has 0 fully saturated rings. The van der Waals surface area contributed by atoms with Gasteiger partial charge in [0.2, 0.25) is 0 Å². The lowest BCUT2D eigenvalue weighted by molar-refractivity contribution is 0.0765. The van der Waals surface area contributed by atoms with Gasteiger partial charge >= 0.3 is 0 Å². The molecule has 2 aliphatic heterocycles. The van der Waals surface area contributed by atoms with Crippen LogP contribution in [0.2, 0.25) is 20.1 Å². The average Bonchev–Trinajstić information content (AvgIpc) is 1.86. The molecule has 4 amide bonds. The fraction of sp³-hybridized carbons (Fsp3) is 0.250. The molecule has 12 nitrogen and oxygen atoms in total. The number of hydrogen-bond donors (Lipinski definition) is 2. The van der Waals surface area contributed by atoms with Gasteiger partial charge in [0, 0.05) is 96.9 Å². The molecule has 5 heterocycles. The molecule has 434 valence electrons. The van der Waals surface area contributed by atoms with Crippen molar-refractivity contribution >= 4 is 159 Å². The number of aromatic amines is 2. The number of hydrogen-bond acceptors (Lipinski definition) is 6. The van der Waals surface area contributed by atoms with E-state index in [1.54, 1.807) is 117 Å². The molecule has 2 aliphatic rings. The summed E-state index contributed by atoms with van der Waals surface area (Å²) >= 11 is 60.4. The maximum absolute atomic E-state index is 13.7. The Bertz CT molecular complexity index is 3500. The number of amides is 4. The number of nitrogens with one attached hydrogen (secondary N) is 2. The molecule has 0 saturated carbocycles. The van der Waals surface area contributed by atoms with Crippen LogP contribution in [0.15, 0.2) is 97.1 Å². The smallest absolute Gasteiger partial charge is 0.253 e. The Hall–Kier alpha value is -6.32. The summed E-state index contributed by atoms with van der Waals surface area (Å²) in [5.74, 6) is -0.661. The lowest BCUT2D eigenvalue weighted by Crippen LogP contribution is -2.30. The maximum atomic E-state index is 13.7. The van der Waals surface area contributed by atoms with Crippen LogP contribution in [0.1, 0.15) is 120 Å². The first kappa shape index (κ1) is 62.2. The van der Waals surface area contributed by atoms with E-state index in [9.17, 15) is 19.2 Å². The van der Waals surface area contributed by atoms with Gasteiger partial charge in [-0.15, -0.1) is 0 Å². The van der Waals surface area contributed by atoms with Crippen LogP contribution in [0.3, 0.4) is 0 Å². The average molecular weight is 1290 g/mol. The Balaban J connectivity index is 1.50. The molecule has 0 atom stereocenters. The summed E-state index contributed by atoms with van der Waals surface area (Å²) in [6.07, 6.45) is 0. The van der Waals surface area contributed by atoms with E-state index in [4.69, 9.17) is 103 Å². The largest absolute Gasteiger partial charge is 0.352 e. The second-order valence-corrected chi connectivity index (χ2v) is 22.6. The van der Waals surface area contributed by atoms with Crippen LogP contribution in [-0.4, -0.2) is 116 Å². The third kappa shape index (κ3) is 11.3. The van der Waals surface area contributed by atoms with Crippen molar-refractivity contribution in [3.8, 4) is 44.5 Å². The molecule has 3 aromatic heterocycles. The predicted octanol–water partition coefficient (Wildman–Crippen LogP) is 18.1. The summed E-state index contributed by atoms with van der Waals surface area (Å²) < 4.78 is 0. The Labute approximate surface area is 527 Å². The minimum absolute atomic E-state index is 0.0125. The summed E-state index contributed by atoms with van der Waals surface area (Å²) in [4.78, 5) is 79.6. The number of nitrogens with zero attached hydrogens (tertiary/aromatic N) is 6. The van der Waals surface area contributed by atoms with Crippen molar-refractivity contribution in [1.82, 2.24) is 39.5 Å². The van der Waals surface area contributed by atoms with E-state index in [1.807, 2.05) is 55.4 Å². The Kier molecular flexibility index (Phi) is 19.3. The standard InChI is InChI=1S/C64H58Cl8N8O4/c1-9-77(10-2)61(81)37-25-17-33(18-26-37)41-53-45(65)47(67)55(73-53)42(34-19-27-38(28-20-34)62(82)78(11-3)12-4)57-49(69)51(71)59(75-57)44(36-23-31-40(32-24-36)64(84)80(15-7)16-8)60-52(72)50(70)58(76-60)43(56-48(68)46(66)54(41)74-56)35-21-29-39(30-22-35)63(83)79(13-5)14-6/h17-32,73,76H,9-16H2,1-8H3. The van der Waals surface area contributed by atoms with E-state index in [0.29, 0.717) is 119 Å². The molecular formula is C64H58Cl8N8O4. The monoisotopic (exact) mass is 1280 g/mol. The minimum Gasteiger partial charge on any atom is -0.352 e. The van der Waals surface area contributed by atoms with Crippen molar-refractivity contribution < 1.29 is 19.2 Å². The molecule has 8 bridgehead atoms. The SMILES string of the molecule is CCN(CC)C(=O)c1ccc(-c2c3nc(c(-c4ccc(C(=O)N(CC)CC)cc4)c4[nH]c(c(Cl)c4Cl)c(-c4ccc(C(=O)N(CC)CC)cc4)c4nc(c(-c5ccc(C(=O)N(CC)CC)cc5)c5[nH]c2c(Cl)c5Cl)C(Cl)=C4Cl)C(Cl)=C3Cl)cc1. The highest BCUT2D eigenvalue weighted by atomic mass is 35.5. The van der Waals surface area contributed by atoms with Gasteiger partial charge in [0.05, 0.1) is 85.1 Å². The molecule has 4 aromatic carbocycles.